The third-order valence-corrected chi connectivity index (χ3v) is 4.74. The molecule has 1 N–H and O–H groups in total. The van der Waals surface area contributed by atoms with E-state index >= 15 is 0 Å². The first-order valence-corrected chi connectivity index (χ1v) is 8.59. The van der Waals surface area contributed by atoms with Crippen LogP contribution in [0.1, 0.15) is 37.7 Å². The first-order valence-electron chi connectivity index (χ1n) is 8.59. The second kappa shape index (κ2) is 7.46. The Labute approximate surface area is 147 Å². The van der Waals surface area contributed by atoms with Gasteiger partial charge in [-0.2, -0.15) is 0 Å². The van der Waals surface area contributed by atoms with Crippen molar-refractivity contribution in [2.24, 2.45) is 5.92 Å². The molecule has 0 aliphatic carbocycles. The number of aryl methyl sites for hydroxylation is 1. The molecule has 2 amide bonds. The lowest BCUT2D eigenvalue weighted by atomic mass is 10.1. The molecule has 1 aliphatic rings. The lowest BCUT2D eigenvalue weighted by Crippen LogP contribution is -2.34. The van der Waals surface area contributed by atoms with Crippen molar-refractivity contribution in [1.82, 2.24) is 25.0 Å². The maximum atomic E-state index is 12.4. The first kappa shape index (κ1) is 17.1. The Balaban J connectivity index is 1.59. The van der Waals surface area contributed by atoms with Crippen LogP contribution in [0.15, 0.2) is 36.7 Å². The van der Waals surface area contributed by atoms with E-state index in [2.05, 4.69) is 15.5 Å². The molecule has 132 valence electrons. The van der Waals surface area contributed by atoms with E-state index in [9.17, 15) is 9.59 Å². The summed E-state index contributed by atoms with van der Waals surface area (Å²) >= 11 is 0. The molecule has 2 aromatic rings. The Morgan fingerprint density at radius 3 is 2.84 bits per heavy atom. The number of nitrogens with zero attached hydrogens (tertiary/aromatic N) is 4. The third kappa shape index (κ3) is 3.70. The van der Waals surface area contributed by atoms with Crippen LogP contribution >= 0.6 is 0 Å². The minimum absolute atomic E-state index is 0.0215. The standard InChI is InChI=1S/C18H23N5O2/c1-3-22-12-20-21-16(22)10-19-18(25)15-9-17(24)23(11-15)13(2)14-7-5-4-6-8-14/h4-8,12-13,15H,3,9-11H2,1-2H3,(H,19,25)/t13-,15+/m1/s1. The molecule has 1 aromatic heterocycles. The van der Waals surface area contributed by atoms with E-state index in [1.54, 1.807) is 11.2 Å². The average Bonchev–Trinajstić information content (AvgIpc) is 3.26. The zero-order valence-electron chi connectivity index (χ0n) is 14.6. The fraction of sp³-hybridized carbons (Fsp3) is 0.444. The fourth-order valence-electron chi connectivity index (χ4n) is 3.18. The predicted molar refractivity (Wildman–Crippen MR) is 92.2 cm³/mol. The summed E-state index contributed by atoms with van der Waals surface area (Å²) in [6.07, 6.45) is 1.90. The molecular weight excluding hydrogens is 318 g/mol. The highest BCUT2D eigenvalue weighted by Gasteiger charge is 2.36. The highest BCUT2D eigenvalue weighted by molar-refractivity contribution is 5.89. The zero-order chi connectivity index (χ0) is 17.8. The van der Waals surface area contributed by atoms with E-state index < -0.39 is 0 Å². The highest BCUT2D eigenvalue weighted by atomic mass is 16.2. The molecule has 0 saturated carbocycles. The lowest BCUT2D eigenvalue weighted by molar-refractivity contribution is -0.130. The van der Waals surface area contributed by atoms with Gasteiger partial charge in [-0.15, -0.1) is 10.2 Å². The topological polar surface area (TPSA) is 80.1 Å². The van der Waals surface area contributed by atoms with Gasteiger partial charge in [-0.3, -0.25) is 9.59 Å². The van der Waals surface area contributed by atoms with Crippen molar-refractivity contribution in [3.05, 3.63) is 48.0 Å². The number of amides is 2. The van der Waals surface area contributed by atoms with E-state index in [0.29, 0.717) is 13.1 Å². The van der Waals surface area contributed by atoms with Crippen molar-refractivity contribution in [2.45, 2.75) is 39.4 Å². The van der Waals surface area contributed by atoms with Crippen LogP contribution in [0.2, 0.25) is 0 Å². The van der Waals surface area contributed by atoms with Crippen molar-refractivity contribution < 1.29 is 9.59 Å². The number of nitrogens with one attached hydrogen (secondary N) is 1. The van der Waals surface area contributed by atoms with Crippen molar-refractivity contribution in [3.8, 4) is 0 Å². The highest BCUT2D eigenvalue weighted by Crippen LogP contribution is 2.28. The second-order valence-corrected chi connectivity index (χ2v) is 6.28. The van der Waals surface area contributed by atoms with Crippen LogP contribution in [-0.4, -0.2) is 38.0 Å². The first-order chi connectivity index (χ1) is 12.1. The van der Waals surface area contributed by atoms with Crippen LogP contribution in [-0.2, 0) is 22.7 Å². The van der Waals surface area contributed by atoms with Crippen LogP contribution in [0.25, 0.3) is 0 Å². The number of rotatable bonds is 6. The summed E-state index contributed by atoms with van der Waals surface area (Å²) in [7, 11) is 0. The number of benzene rings is 1. The molecule has 1 fully saturated rings. The maximum Gasteiger partial charge on any atom is 0.225 e. The van der Waals surface area contributed by atoms with Crippen molar-refractivity contribution in [2.75, 3.05) is 6.54 Å². The number of likely N-dealkylation sites (tertiary alicyclic amines) is 1. The molecule has 3 rings (SSSR count). The van der Waals surface area contributed by atoms with Crippen LogP contribution in [0, 0.1) is 5.92 Å². The molecular formula is C18H23N5O2. The van der Waals surface area contributed by atoms with E-state index in [-0.39, 0.29) is 30.2 Å². The van der Waals surface area contributed by atoms with Crippen molar-refractivity contribution in [1.29, 1.82) is 0 Å². The van der Waals surface area contributed by atoms with E-state index in [4.69, 9.17) is 0 Å². The molecule has 2 heterocycles. The smallest absolute Gasteiger partial charge is 0.225 e. The number of carbonyl (C=O) groups is 2. The quantitative estimate of drug-likeness (QED) is 0.864. The number of aromatic nitrogens is 3. The number of hydrogen-bond donors (Lipinski definition) is 1. The molecule has 1 saturated heterocycles. The van der Waals surface area contributed by atoms with Crippen molar-refractivity contribution in [3.63, 3.8) is 0 Å². The van der Waals surface area contributed by atoms with Gasteiger partial charge in [-0.25, -0.2) is 0 Å². The summed E-state index contributed by atoms with van der Waals surface area (Å²) in [6.45, 7) is 5.51. The van der Waals surface area contributed by atoms with Gasteiger partial charge in [0.1, 0.15) is 6.33 Å². The van der Waals surface area contributed by atoms with Gasteiger partial charge in [0.25, 0.3) is 0 Å². The summed E-state index contributed by atoms with van der Waals surface area (Å²) < 4.78 is 1.88. The molecule has 7 nitrogen and oxygen atoms in total. The largest absolute Gasteiger partial charge is 0.348 e. The van der Waals surface area contributed by atoms with E-state index in [1.165, 1.54) is 0 Å². The average molecular weight is 341 g/mol. The van der Waals surface area contributed by atoms with Gasteiger partial charge in [-0.05, 0) is 19.4 Å². The van der Waals surface area contributed by atoms with Gasteiger partial charge in [0, 0.05) is 19.5 Å². The lowest BCUT2D eigenvalue weighted by Gasteiger charge is -2.25. The molecule has 0 radical (unpaired) electrons. The Hall–Kier alpha value is -2.70. The second-order valence-electron chi connectivity index (χ2n) is 6.28. The maximum absolute atomic E-state index is 12.4. The number of carbonyl (C=O) groups excluding carboxylic acids is 2. The predicted octanol–water partition coefficient (Wildman–Crippen LogP) is 1.52. The Morgan fingerprint density at radius 1 is 1.36 bits per heavy atom. The Morgan fingerprint density at radius 2 is 2.12 bits per heavy atom. The molecule has 0 spiro atoms. The summed E-state index contributed by atoms with van der Waals surface area (Å²) in [5.41, 5.74) is 1.08. The number of hydrogen-bond acceptors (Lipinski definition) is 4. The van der Waals surface area contributed by atoms with Gasteiger partial charge in [0.15, 0.2) is 5.82 Å². The van der Waals surface area contributed by atoms with Gasteiger partial charge in [-0.1, -0.05) is 30.3 Å². The van der Waals surface area contributed by atoms with E-state index in [1.807, 2.05) is 48.7 Å². The zero-order valence-corrected chi connectivity index (χ0v) is 14.6. The molecule has 0 bridgehead atoms. The Kier molecular flexibility index (Phi) is 5.11. The van der Waals surface area contributed by atoms with Crippen LogP contribution in [0.4, 0.5) is 0 Å². The SMILES string of the molecule is CCn1cnnc1CNC(=O)[C@H]1CC(=O)N([C@H](C)c2ccccc2)C1. The van der Waals surface area contributed by atoms with Crippen LogP contribution < -0.4 is 5.32 Å². The molecule has 1 aliphatic heterocycles. The van der Waals surface area contributed by atoms with E-state index in [0.717, 1.165) is 17.9 Å². The minimum atomic E-state index is -0.323. The van der Waals surface area contributed by atoms with Gasteiger partial charge in [0.2, 0.25) is 11.8 Å². The van der Waals surface area contributed by atoms with Crippen molar-refractivity contribution >= 4 is 11.8 Å². The molecule has 2 atom stereocenters. The summed E-state index contributed by atoms with van der Waals surface area (Å²) in [5, 5.41) is 10.7. The molecule has 25 heavy (non-hydrogen) atoms. The monoisotopic (exact) mass is 341 g/mol. The normalized spacial score (nSPS) is 18.4. The third-order valence-electron chi connectivity index (χ3n) is 4.74. The molecule has 0 unspecified atom stereocenters. The van der Waals surface area contributed by atoms with Gasteiger partial charge < -0.3 is 14.8 Å². The van der Waals surface area contributed by atoms with Gasteiger partial charge >= 0.3 is 0 Å². The van der Waals surface area contributed by atoms with Crippen LogP contribution in [0.5, 0.6) is 0 Å². The minimum Gasteiger partial charge on any atom is -0.348 e. The van der Waals surface area contributed by atoms with Gasteiger partial charge in [0.05, 0.1) is 18.5 Å². The summed E-state index contributed by atoms with van der Waals surface area (Å²) in [5.74, 6) is 0.307. The van der Waals surface area contributed by atoms with Crippen LogP contribution in [0.3, 0.4) is 0 Å². The fourth-order valence-corrected chi connectivity index (χ4v) is 3.18. The summed E-state index contributed by atoms with van der Waals surface area (Å²) in [4.78, 5) is 26.6. The molecule has 7 heteroatoms. The Bertz CT molecular complexity index is 743. The summed E-state index contributed by atoms with van der Waals surface area (Å²) in [6, 6.07) is 9.84. The molecule has 1 aromatic carbocycles.